The number of benzene rings is 2. The predicted octanol–water partition coefficient (Wildman–Crippen LogP) is 1.96. The maximum Gasteiger partial charge on any atom is 0.264 e. The maximum absolute atomic E-state index is 12.8. The predicted molar refractivity (Wildman–Crippen MR) is 107 cm³/mol. The molecule has 3 aromatic rings. The zero-order valence-corrected chi connectivity index (χ0v) is 16.8. The normalized spacial score (nSPS) is 14.8. The van der Waals surface area contributed by atoms with E-state index in [0.29, 0.717) is 24.3 Å². The average Bonchev–Trinajstić information content (AvgIpc) is 3.32. The SMILES string of the molecule is O=S(=O)(NC1=NCCC1)c1cccc(NS(=O)(=O)c2cccc3nsnc23)c1. The molecule has 0 fully saturated rings. The summed E-state index contributed by atoms with van der Waals surface area (Å²) in [5.41, 5.74) is 0.867. The molecule has 0 spiro atoms. The van der Waals surface area contributed by atoms with Crippen LogP contribution in [0, 0.1) is 0 Å². The average molecular weight is 438 g/mol. The summed E-state index contributed by atoms with van der Waals surface area (Å²) < 4.78 is 63.6. The van der Waals surface area contributed by atoms with Crippen LogP contribution in [-0.4, -0.2) is 38.0 Å². The first-order valence-corrected chi connectivity index (χ1v) is 12.0. The lowest BCUT2D eigenvalue weighted by atomic mass is 10.3. The minimum absolute atomic E-state index is 0.0227. The van der Waals surface area contributed by atoms with E-state index in [2.05, 4.69) is 23.2 Å². The van der Waals surface area contributed by atoms with Crippen molar-refractivity contribution in [3.63, 3.8) is 0 Å². The molecule has 2 N–H and O–H groups in total. The summed E-state index contributed by atoms with van der Waals surface area (Å²) in [5.74, 6) is 0.411. The molecule has 0 saturated carbocycles. The van der Waals surface area contributed by atoms with Gasteiger partial charge < -0.3 is 0 Å². The molecule has 4 rings (SSSR count). The van der Waals surface area contributed by atoms with E-state index in [9.17, 15) is 16.8 Å². The van der Waals surface area contributed by atoms with Crippen LogP contribution >= 0.6 is 11.7 Å². The highest BCUT2D eigenvalue weighted by molar-refractivity contribution is 7.93. The van der Waals surface area contributed by atoms with E-state index < -0.39 is 20.0 Å². The molecule has 28 heavy (non-hydrogen) atoms. The molecule has 0 saturated heterocycles. The van der Waals surface area contributed by atoms with Gasteiger partial charge in [-0.3, -0.25) is 14.4 Å². The standard InChI is InChI=1S/C16H15N5O4S3/c22-27(23,21-15-8-3-9-17-15)12-5-1-4-11(10-12)20-28(24,25)14-7-2-6-13-16(14)19-26-18-13/h1-2,4-7,10,20H,3,8-9H2,(H,17,21). The lowest BCUT2D eigenvalue weighted by Gasteiger charge is -2.11. The monoisotopic (exact) mass is 437 g/mol. The van der Waals surface area contributed by atoms with Crippen molar-refractivity contribution in [3.8, 4) is 0 Å². The van der Waals surface area contributed by atoms with Gasteiger partial charge in [-0.2, -0.15) is 8.75 Å². The largest absolute Gasteiger partial charge is 0.280 e. The van der Waals surface area contributed by atoms with Crippen molar-refractivity contribution in [2.24, 2.45) is 4.99 Å². The molecular formula is C16H15N5O4S3. The van der Waals surface area contributed by atoms with Gasteiger partial charge in [0.1, 0.15) is 21.8 Å². The quantitative estimate of drug-likeness (QED) is 0.627. The number of aliphatic imine (C=N–C) groups is 1. The first-order valence-electron chi connectivity index (χ1n) is 8.25. The van der Waals surface area contributed by atoms with Crippen LogP contribution in [-0.2, 0) is 20.0 Å². The summed E-state index contributed by atoms with van der Waals surface area (Å²) in [6.07, 6.45) is 1.37. The Morgan fingerprint density at radius 3 is 2.54 bits per heavy atom. The third kappa shape index (κ3) is 3.70. The third-order valence-electron chi connectivity index (χ3n) is 4.06. The van der Waals surface area contributed by atoms with Gasteiger partial charge in [0.15, 0.2) is 0 Å². The molecule has 9 nitrogen and oxygen atoms in total. The number of fused-ring (bicyclic) bond motifs is 1. The second-order valence-electron chi connectivity index (χ2n) is 6.06. The number of anilines is 1. The molecule has 12 heteroatoms. The number of sulfonamides is 2. The van der Waals surface area contributed by atoms with Gasteiger partial charge in [0.25, 0.3) is 20.0 Å². The van der Waals surface area contributed by atoms with Gasteiger partial charge in [-0.25, -0.2) is 16.8 Å². The van der Waals surface area contributed by atoms with Crippen LogP contribution in [0.3, 0.4) is 0 Å². The fraction of sp³-hybridized carbons (Fsp3) is 0.188. The van der Waals surface area contributed by atoms with E-state index in [1.54, 1.807) is 12.1 Å². The fourth-order valence-corrected chi connectivity index (χ4v) is 5.72. The number of amidine groups is 1. The van der Waals surface area contributed by atoms with Crippen LogP contribution < -0.4 is 9.44 Å². The molecule has 0 amide bonds. The minimum Gasteiger partial charge on any atom is -0.280 e. The fourth-order valence-electron chi connectivity index (χ4n) is 2.77. The second-order valence-corrected chi connectivity index (χ2v) is 9.92. The van der Waals surface area contributed by atoms with Crippen LogP contribution in [0.4, 0.5) is 5.69 Å². The van der Waals surface area contributed by atoms with E-state index in [1.807, 2.05) is 0 Å². The summed E-state index contributed by atoms with van der Waals surface area (Å²) >= 11 is 0.919. The molecule has 0 bridgehead atoms. The van der Waals surface area contributed by atoms with Crippen molar-refractivity contribution in [2.45, 2.75) is 22.6 Å². The van der Waals surface area contributed by atoms with Crippen LogP contribution in [0.15, 0.2) is 57.2 Å². The topological polar surface area (TPSA) is 130 Å². The number of hydrogen-bond acceptors (Lipinski definition) is 8. The minimum atomic E-state index is -3.98. The van der Waals surface area contributed by atoms with Crippen molar-refractivity contribution >= 4 is 54.3 Å². The van der Waals surface area contributed by atoms with Gasteiger partial charge in [-0.1, -0.05) is 12.1 Å². The Morgan fingerprint density at radius 2 is 1.75 bits per heavy atom. The molecule has 0 atom stereocenters. The van der Waals surface area contributed by atoms with Crippen LogP contribution in [0.25, 0.3) is 11.0 Å². The van der Waals surface area contributed by atoms with Crippen molar-refractivity contribution < 1.29 is 16.8 Å². The summed E-state index contributed by atoms with van der Waals surface area (Å²) in [6, 6.07) is 10.3. The molecule has 0 aliphatic carbocycles. The van der Waals surface area contributed by atoms with Gasteiger partial charge in [0.2, 0.25) is 0 Å². The molecule has 1 aliphatic rings. The summed E-state index contributed by atoms with van der Waals surface area (Å²) in [6.45, 7) is 0.592. The van der Waals surface area contributed by atoms with Crippen LogP contribution in [0.1, 0.15) is 12.8 Å². The van der Waals surface area contributed by atoms with E-state index in [1.165, 1.54) is 30.3 Å². The molecule has 2 heterocycles. The first-order chi connectivity index (χ1) is 13.4. The van der Waals surface area contributed by atoms with Gasteiger partial charge in [0, 0.05) is 13.0 Å². The lowest BCUT2D eigenvalue weighted by Crippen LogP contribution is -2.29. The Kier molecular flexibility index (Phi) is 4.77. The van der Waals surface area contributed by atoms with Gasteiger partial charge in [-0.15, -0.1) is 0 Å². The van der Waals surface area contributed by atoms with E-state index in [0.717, 1.165) is 18.1 Å². The number of nitrogens with zero attached hydrogens (tertiary/aromatic N) is 3. The van der Waals surface area contributed by atoms with Crippen molar-refractivity contribution in [1.82, 2.24) is 13.5 Å². The zero-order valence-electron chi connectivity index (χ0n) is 14.4. The molecular weight excluding hydrogens is 422 g/mol. The summed E-state index contributed by atoms with van der Waals surface area (Å²) in [5, 5.41) is 0. The highest BCUT2D eigenvalue weighted by atomic mass is 32.2. The van der Waals surface area contributed by atoms with Crippen molar-refractivity contribution in [2.75, 3.05) is 11.3 Å². The molecule has 1 aliphatic heterocycles. The Morgan fingerprint density at radius 1 is 0.929 bits per heavy atom. The zero-order chi connectivity index (χ0) is 19.8. The lowest BCUT2D eigenvalue weighted by molar-refractivity contribution is 0.591. The highest BCUT2D eigenvalue weighted by Gasteiger charge is 2.22. The molecule has 146 valence electrons. The highest BCUT2D eigenvalue weighted by Crippen LogP contribution is 2.24. The second kappa shape index (κ2) is 7.11. The smallest absolute Gasteiger partial charge is 0.264 e. The Bertz CT molecular complexity index is 1280. The van der Waals surface area contributed by atoms with Crippen LogP contribution in [0.2, 0.25) is 0 Å². The summed E-state index contributed by atoms with van der Waals surface area (Å²) in [7, 11) is -7.83. The van der Waals surface area contributed by atoms with Crippen molar-refractivity contribution in [1.29, 1.82) is 0 Å². The number of nitrogens with one attached hydrogen (secondary N) is 2. The van der Waals surface area contributed by atoms with Crippen molar-refractivity contribution in [3.05, 3.63) is 42.5 Å². The Balaban J connectivity index is 1.64. The third-order valence-corrected chi connectivity index (χ3v) is 7.40. The van der Waals surface area contributed by atoms with E-state index >= 15 is 0 Å². The molecule has 0 unspecified atom stereocenters. The molecule has 0 radical (unpaired) electrons. The number of rotatable bonds is 5. The van der Waals surface area contributed by atoms with E-state index in [-0.39, 0.29) is 21.0 Å². The van der Waals surface area contributed by atoms with Gasteiger partial charge >= 0.3 is 0 Å². The Labute approximate surface area is 166 Å². The van der Waals surface area contributed by atoms with Crippen LogP contribution in [0.5, 0.6) is 0 Å². The molecule has 1 aromatic heterocycles. The molecule has 2 aromatic carbocycles. The first kappa shape index (κ1) is 18.8. The Hall–Kier alpha value is -2.57. The van der Waals surface area contributed by atoms with E-state index in [4.69, 9.17) is 0 Å². The number of hydrogen-bond donors (Lipinski definition) is 2. The maximum atomic E-state index is 12.8. The number of aromatic nitrogens is 2. The van der Waals surface area contributed by atoms with Gasteiger partial charge in [0.05, 0.1) is 22.3 Å². The summed E-state index contributed by atoms with van der Waals surface area (Å²) in [4.78, 5) is 4.01. The van der Waals surface area contributed by atoms with Gasteiger partial charge in [-0.05, 0) is 36.8 Å².